The summed E-state index contributed by atoms with van der Waals surface area (Å²) in [6.45, 7) is 6.00. The Morgan fingerprint density at radius 2 is 1.96 bits per heavy atom. The Hall–Kier alpha value is -1.22. The predicted molar refractivity (Wildman–Crippen MR) is 90.6 cm³/mol. The lowest BCUT2D eigenvalue weighted by molar-refractivity contribution is -0.385. The third-order valence-electron chi connectivity index (χ3n) is 3.93. The van der Waals surface area contributed by atoms with Gasteiger partial charge >= 0.3 is 0 Å². The lowest BCUT2D eigenvalue weighted by Crippen LogP contribution is -2.46. The van der Waals surface area contributed by atoms with E-state index >= 15 is 0 Å². The largest absolute Gasteiger partial charge is 0.314 e. The maximum absolute atomic E-state index is 12.6. The number of nitrogens with one attached hydrogen (secondary N) is 2. The van der Waals surface area contributed by atoms with E-state index in [-0.39, 0.29) is 35.1 Å². The molecule has 2 rings (SSSR count). The van der Waals surface area contributed by atoms with Gasteiger partial charge in [-0.25, -0.2) is 13.1 Å². The second-order valence-corrected chi connectivity index (χ2v) is 7.54. The van der Waals surface area contributed by atoms with Gasteiger partial charge < -0.3 is 5.32 Å². The SMILES string of the molecule is Cc1cc(C)c(S(=O)(=O)NC2CCNC(C)C2)cc1[N+](=O)[O-].Cl. The van der Waals surface area contributed by atoms with Gasteiger partial charge in [0.25, 0.3) is 5.69 Å². The Labute approximate surface area is 142 Å². The van der Waals surface area contributed by atoms with Crippen molar-refractivity contribution in [3.8, 4) is 0 Å². The highest BCUT2D eigenvalue weighted by atomic mass is 35.5. The Kier molecular flexibility index (Phi) is 6.52. The second kappa shape index (κ2) is 7.57. The number of piperidine rings is 1. The minimum absolute atomic E-state index is 0. The molecular formula is C14H22ClN3O4S. The molecule has 1 fully saturated rings. The minimum Gasteiger partial charge on any atom is -0.314 e. The highest BCUT2D eigenvalue weighted by Gasteiger charge is 2.27. The molecule has 2 unspecified atom stereocenters. The molecule has 2 N–H and O–H groups in total. The van der Waals surface area contributed by atoms with E-state index in [1.165, 1.54) is 6.07 Å². The summed E-state index contributed by atoms with van der Waals surface area (Å²) in [7, 11) is -3.77. The third-order valence-corrected chi connectivity index (χ3v) is 5.59. The molecule has 1 heterocycles. The number of sulfonamides is 1. The Bertz CT molecular complexity index is 694. The van der Waals surface area contributed by atoms with Crippen molar-refractivity contribution in [1.82, 2.24) is 10.0 Å². The molecule has 0 aromatic heterocycles. The fraction of sp³-hybridized carbons (Fsp3) is 0.571. The summed E-state index contributed by atoms with van der Waals surface area (Å²) in [5, 5.41) is 14.3. The monoisotopic (exact) mass is 363 g/mol. The zero-order valence-corrected chi connectivity index (χ0v) is 15.0. The molecule has 1 aromatic carbocycles. The number of aryl methyl sites for hydroxylation is 2. The van der Waals surface area contributed by atoms with E-state index in [4.69, 9.17) is 0 Å². The number of hydrogen-bond donors (Lipinski definition) is 2. The van der Waals surface area contributed by atoms with E-state index in [1.54, 1.807) is 13.8 Å². The summed E-state index contributed by atoms with van der Waals surface area (Å²) in [6, 6.07) is 2.78. The van der Waals surface area contributed by atoms with Crippen LogP contribution in [0.3, 0.4) is 0 Å². The summed E-state index contributed by atoms with van der Waals surface area (Å²) < 4.78 is 27.8. The first-order valence-corrected chi connectivity index (χ1v) is 8.70. The molecule has 0 bridgehead atoms. The number of rotatable bonds is 4. The van der Waals surface area contributed by atoms with Gasteiger partial charge in [-0.1, -0.05) is 0 Å². The van der Waals surface area contributed by atoms with Crippen molar-refractivity contribution in [1.29, 1.82) is 0 Å². The van der Waals surface area contributed by atoms with Crippen molar-refractivity contribution >= 4 is 28.1 Å². The van der Waals surface area contributed by atoms with Gasteiger partial charge in [-0.3, -0.25) is 10.1 Å². The number of benzene rings is 1. The Balaban J connectivity index is 0.00000264. The highest BCUT2D eigenvalue weighted by Crippen LogP contribution is 2.26. The van der Waals surface area contributed by atoms with Crippen LogP contribution in [0.2, 0.25) is 0 Å². The highest BCUT2D eigenvalue weighted by molar-refractivity contribution is 7.89. The van der Waals surface area contributed by atoms with E-state index in [1.807, 2.05) is 6.92 Å². The summed E-state index contributed by atoms with van der Waals surface area (Å²) in [5.41, 5.74) is 0.791. The molecule has 2 atom stereocenters. The molecule has 0 saturated carbocycles. The van der Waals surface area contributed by atoms with Crippen LogP contribution in [-0.2, 0) is 10.0 Å². The number of halogens is 1. The average molecular weight is 364 g/mol. The molecule has 1 aromatic rings. The smallest absolute Gasteiger partial charge is 0.273 e. The second-order valence-electron chi connectivity index (χ2n) is 5.86. The van der Waals surface area contributed by atoms with Crippen molar-refractivity contribution in [3.63, 3.8) is 0 Å². The van der Waals surface area contributed by atoms with E-state index in [0.29, 0.717) is 24.0 Å². The minimum atomic E-state index is -3.77. The van der Waals surface area contributed by atoms with Gasteiger partial charge in [0, 0.05) is 23.7 Å². The number of nitro benzene ring substituents is 1. The van der Waals surface area contributed by atoms with Crippen molar-refractivity contribution in [2.75, 3.05) is 6.54 Å². The fourth-order valence-electron chi connectivity index (χ4n) is 2.83. The number of hydrogen-bond acceptors (Lipinski definition) is 5. The first kappa shape index (κ1) is 19.8. The zero-order valence-electron chi connectivity index (χ0n) is 13.3. The molecule has 1 saturated heterocycles. The molecule has 7 nitrogen and oxygen atoms in total. The molecule has 0 spiro atoms. The molecule has 23 heavy (non-hydrogen) atoms. The van der Waals surface area contributed by atoms with Gasteiger partial charge in [-0.15, -0.1) is 12.4 Å². The summed E-state index contributed by atoms with van der Waals surface area (Å²) in [4.78, 5) is 10.5. The predicted octanol–water partition coefficient (Wildman–Crippen LogP) is 2.05. The normalized spacial score (nSPS) is 21.5. The maximum Gasteiger partial charge on any atom is 0.273 e. The number of nitrogens with zero attached hydrogens (tertiary/aromatic N) is 1. The van der Waals surface area contributed by atoms with Crippen molar-refractivity contribution in [2.45, 2.75) is 50.6 Å². The van der Waals surface area contributed by atoms with E-state index in [2.05, 4.69) is 10.0 Å². The van der Waals surface area contributed by atoms with Crippen LogP contribution < -0.4 is 10.0 Å². The summed E-state index contributed by atoms with van der Waals surface area (Å²) in [5.74, 6) is 0. The van der Waals surface area contributed by atoms with Crippen LogP contribution in [0.25, 0.3) is 0 Å². The van der Waals surface area contributed by atoms with Crippen molar-refractivity contribution in [2.24, 2.45) is 0 Å². The molecule has 1 aliphatic heterocycles. The molecule has 0 radical (unpaired) electrons. The van der Waals surface area contributed by atoms with Crippen LogP contribution in [-0.4, -0.2) is 32.0 Å². The zero-order chi connectivity index (χ0) is 16.5. The summed E-state index contributed by atoms with van der Waals surface area (Å²) >= 11 is 0. The van der Waals surface area contributed by atoms with Crippen molar-refractivity contribution < 1.29 is 13.3 Å². The van der Waals surface area contributed by atoms with Gasteiger partial charge in [0.05, 0.1) is 9.82 Å². The maximum atomic E-state index is 12.6. The van der Waals surface area contributed by atoms with E-state index in [0.717, 1.165) is 12.6 Å². The molecule has 9 heteroatoms. The molecule has 0 aliphatic carbocycles. The van der Waals surface area contributed by atoms with Crippen LogP contribution >= 0.6 is 12.4 Å². The van der Waals surface area contributed by atoms with Crippen LogP contribution in [0.5, 0.6) is 0 Å². The molecular weight excluding hydrogens is 342 g/mol. The number of nitro groups is 1. The van der Waals surface area contributed by atoms with Gasteiger partial charge in [-0.2, -0.15) is 0 Å². The molecule has 130 valence electrons. The van der Waals surface area contributed by atoms with Crippen LogP contribution in [0.15, 0.2) is 17.0 Å². The lowest BCUT2D eigenvalue weighted by Gasteiger charge is -2.28. The molecule has 0 amide bonds. The van der Waals surface area contributed by atoms with Crippen molar-refractivity contribution in [3.05, 3.63) is 33.4 Å². The van der Waals surface area contributed by atoms with Gasteiger partial charge in [0.15, 0.2) is 0 Å². The van der Waals surface area contributed by atoms with Crippen LogP contribution in [0.4, 0.5) is 5.69 Å². The third kappa shape index (κ3) is 4.63. The quantitative estimate of drug-likeness (QED) is 0.629. The topological polar surface area (TPSA) is 101 Å². The standard InChI is InChI=1S/C14H21N3O4S.ClH/c1-9-6-10(2)14(8-13(9)17(18)19)22(20,21)16-12-4-5-15-11(3)7-12;/h6,8,11-12,15-16H,4-5,7H2,1-3H3;1H. The Morgan fingerprint density at radius 1 is 1.30 bits per heavy atom. The summed E-state index contributed by atoms with van der Waals surface area (Å²) in [6.07, 6.45) is 1.41. The van der Waals surface area contributed by atoms with Gasteiger partial charge in [0.1, 0.15) is 0 Å². The van der Waals surface area contributed by atoms with E-state index < -0.39 is 14.9 Å². The van der Waals surface area contributed by atoms with Gasteiger partial charge in [-0.05, 0) is 51.8 Å². The Morgan fingerprint density at radius 3 is 2.52 bits per heavy atom. The fourth-order valence-corrected chi connectivity index (χ4v) is 4.36. The lowest BCUT2D eigenvalue weighted by atomic mass is 10.0. The first-order chi connectivity index (χ1) is 10.2. The average Bonchev–Trinajstić information content (AvgIpc) is 2.37. The first-order valence-electron chi connectivity index (χ1n) is 7.22. The van der Waals surface area contributed by atoms with E-state index in [9.17, 15) is 18.5 Å². The van der Waals surface area contributed by atoms with Crippen LogP contribution in [0, 0.1) is 24.0 Å². The van der Waals surface area contributed by atoms with Gasteiger partial charge in [0.2, 0.25) is 10.0 Å². The van der Waals surface area contributed by atoms with Crippen LogP contribution in [0.1, 0.15) is 30.9 Å². The molecule has 1 aliphatic rings.